The summed E-state index contributed by atoms with van der Waals surface area (Å²) in [5.41, 5.74) is 2.68. The first-order chi connectivity index (χ1) is 8.36. The van der Waals surface area contributed by atoms with Crippen LogP contribution in [0.25, 0.3) is 0 Å². The Hall–Kier alpha value is -1.60. The second-order valence-corrected chi connectivity index (χ2v) is 4.60. The van der Waals surface area contributed by atoms with Crippen LogP contribution in [0.5, 0.6) is 0 Å². The van der Waals surface area contributed by atoms with Gasteiger partial charge in [0.25, 0.3) is 0 Å². The van der Waals surface area contributed by atoms with E-state index in [0.717, 1.165) is 0 Å². The second-order valence-electron chi connectivity index (χ2n) is 4.60. The normalized spacial score (nSPS) is 22.7. The maximum Gasteiger partial charge on any atom is 0.0947 e. The van der Waals surface area contributed by atoms with Gasteiger partial charge >= 0.3 is 0 Å². The minimum absolute atomic E-state index is 0.333. The molecule has 2 atom stereocenters. The van der Waals surface area contributed by atoms with E-state index in [1.807, 2.05) is 0 Å². The molecule has 0 radical (unpaired) electrons. The van der Waals surface area contributed by atoms with Crippen molar-refractivity contribution in [3.63, 3.8) is 0 Å². The fourth-order valence-corrected chi connectivity index (χ4v) is 2.44. The molecule has 0 aliphatic carbocycles. The van der Waals surface area contributed by atoms with E-state index in [4.69, 9.17) is 4.74 Å². The van der Waals surface area contributed by atoms with Gasteiger partial charge in [-0.3, -0.25) is 0 Å². The smallest absolute Gasteiger partial charge is 0.0947 e. The zero-order valence-electron chi connectivity index (χ0n) is 9.91. The number of ether oxygens (including phenoxy) is 1. The molecule has 2 unspecified atom stereocenters. The molecule has 17 heavy (non-hydrogen) atoms. The van der Waals surface area contributed by atoms with E-state index in [1.165, 1.54) is 11.1 Å². The molecule has 2 aromatic rings. The van der Waals surface area contributed by atoms with E-state index < -0.39 is 0 Å². The fraction of sp³-hybridized carbons (Fsp3) is 0.250. The van der Waals surface area contributed by atoms with Gasteiger partial charge in [0.1, 0.15) is 0 Å². The first-order valence-corrected chi connectivity index (χ1v) is 6.11. The minimum Gasteiger partial charge on any atom is -0.369 e. The lowest BCUT2D eigenvalue weighted by atomic mass is 9.87. The number of rotatable bonds is 3. The third-order valence-corrected chi connectivity index (χ3v) is 3.40. The summed E-state index contributed by atoms with van der Waals surface area (Å²) in [6, 6.07) is 21.2. The molecule has 1 fully saturated rings. The summed E-state index contributed by atoms with van der Waals surface area (Å²) in [6.45, 7) is 2.14. The highest BCUT2D eigenvalue weighted by Gasteiger charge is 2.42. The average Bonchev–Trinajstić information content (AvgIpc) is 3.09. The lowest BCUT2D eigenvalue weighted by Gasteiger charge is -2.15. The van der Waals surface area contributed by atoms with Crippen LogP contribution in [0.4, 0.5) is 0 Å². The number of epoxide rings is 1. The first-order valence-electron chi connectivity index (χ1n) is 6.11. The number of benzene rings is 2. The molecule has 86 valence electrons. The predicted octanol–water partition coefficient (Wildman–Crippen LogP) is 3.61. The lowest BCUT2D eigenvalue weighted by molar-refractivity contribution is 0.365. The molecule has 1 nitrogen and oxygen atoms in total. The highest BCUT2D eigenvalue weighted by atomic mass is 16.6. The molecule has 1 saturated heterocycles. The SMILES string of the molecule is CC1OC1C(c1ccccc1)c1ccccc1. The van der Waals surface area contributed by atoms with Crippen molar-refractivity contribution in [1.29, 1.82) is 0 Å². The zero-order valence-corrected chi connectivity index (χ0v) is 9.91. The van der Waals surface area contributed by atoms with Crippen molar-refractivity contribution in [2.75, 3.05) is 0 Å². The van der Waals surface area contributed by atoms with Crippen LogP contribution in [0.15, 0.2) is 60.7 Å². The summed E-state index contributed by atoms with van der Waals surface area (Å²) in [5, 5.41) is 0. The molecular weight excluding hydrogens is 208 g/mol. The van der Waals surface area contributed by atoms with Gasteiger partial charge in [0.15, 0.2) is 0 Å². The van der Waals surface area contributed by atoms with Crippen LogP contribution in [0.3, 0.4) is 0 Å². The molecule has 0 bridgehead atoms. The summed E-state index contributed by atoms with van der Waals surface area (Å²) < 4.78 is 5.69. The molecule has 1 aliphatic heterocycles. The van der Waals surface area contributed by atoms with Crippen LogP contribution < -0.4 is 0 Å². The zero-order chi connectivity index (χ0) is 11.7. The Morgan fingerprint density at radius 1 is 0.824 bits per heavy atom. The second kappa shape index (κ2) is 4.34. The van der Waals surface area contributed by atoms with Crippen LogP contribution in [-0.4, -0.2) is 12.2 Å². The van der Waals surface area contributed by atoms with E-state index in [1.54, 1.807) is 0 Å². The van der Waals surface area contributed by atoms with Crippen LogP contribution in [0.1, 0.15) is 24.0 Å². The van der Waals surface area contributed by atoms with E-state index in [9.17, 15) is 0 Å². The predicted molar refractivity (Wildman–Crippen MR) is 69.1 cm³/mol. The molecule has 0 saturated carbocycles. The van der Waals surface area contributed by atoms with Crippen LogP contribution >= 0.6 is 0 Å². The highest BCUT2D eigenvalue weighted by molar-refractivity contribution is 5.35. The largest absolute Gasteiger partial charge is 0.369 e. The van der Waals surface area contributed by atoms with Crippen molar-refractivity contribution in [2.24, 2.45) is 0 Å². The van der Waals surface area contributed by atoms with Crippen molar-refractivity contribution in [2.45, 2.75) is 25.0 Å². The maximum absolute atomic E-state index is 5.69. The van der Waals surface area contributed by atoms with Crippen molar-refractivity contribution < 1.29 is 4.74 Å². The standard InChI is InChI=1S/C16H16O/c1-12-16(17-12)15(13-8-4-2-5-9-13)14-10-6-3-7-11-14/h2-12,15-16H,1H3. The molecule has 1 heterocycles. The van der Waals surface area contributed by atoms with Crippen LogP contribution in [0, 0.1) is 0 Å². The Morgan fingerprint density at radius 2 is 1.24 bits per heavy atom. The van der Waals surface area contributed by atoms with Crippen LogP contribution in [-0.2, 0) is 4.74 Å². The third kappa shape index (κ3) is 2.11. The van der Waals surface area contributed by atoms with Gasteiger partial charge in [-0.25, -0.2) is 0 Å². The van der Waals surface area contributed by atoms with Gasteiger partial charge in [0.2, 0.25) is 0 Å². The summed E-state index contributed by atoms with van der Waals surface area (Å²) in [6.07, 6.45) is 0.709. The van der Waals surface area contributed by atoms with Gasteiger partial charge in [-0.2, -0.15) is 0 Å². The van der Waals surface area contributed by atoms with Gasteiger partial charge in [0, 0.05) is 5.92 Å². The highest BCUT2D eigenvalue weighted by Crippen LogP contribution is 2.40. The molecular formula is C16H16O. The Bertz CT molecular complexity index is 438. The Labute approximate surface area is 102 Å². The first kappa shape index (κ1) is 10.5. The Kier molecular flexibility index (Phi) is 2.69. The van der Waals surface area contributed by atoms with Crippen molar-refractivity contribution in [3.05, 3.63) is 71.8 Å². The summed E-state index contributed by atoms with van der Waals surface area (Å²) >= 11 is 0. The molecule has 2 aromatic carbocycles. The minimum atomic E-state index is 0.333. The molecule has 1 aliphatic rings. The average molecular weight is 224 g/mol. The molecule has 3 rings (SSSR count). The summed E-state index contributed by atoms with van der Waals surface area (Å²) in [5.74, 6) is 0.368. The quantitative estimate of drug-likeness (QED) is 0.726. The van der Waals surface area contributed by atoms with Crippen LogP contribution in [0.2, 0.25) is 0 Å². The van der Waals surface area contributed by atoms with Gasteiger partial charge in [-0.1, -0.05) is 60.7 Å². The van der Waals surface area contributed by atoms with Gasteiger partial charge in [0.05, 0.1) is 12.2 Å². The molecule has 1 heteroatoms. The molecule has 0 N–H and O–H groups in total. The Morgan fingerprint density at radius 3 is 1.59 bits per heavy atom. The van der Waals surface area contributed by atoms with E-state index >= 15 is 0 Å². The molecule has 0 aromatic heterocycles. The Balaban J connectivity index is 1.99. The topological polar surface area (TPSA) is 12.5 Å². The van der Waals surface area contributed by atoms with Crippen molar-refractivity contribution in [1.82, 2.24) is 0 Å². The van der Waals surface area contributed by atoms with Crippen molar-refractivity contribution >= 4 is 0 Å². The number of hydrogen-bond donors (Lipinski definition) is 0. The molecule has 0 spiro atoms. The van der Waals surface area contributed by atoms with Crippen molar-refractivity contribution in [3.8, 4) is 0 Å². The maximum atomic E-state index is 5.69. The lowest BCUT2D eigenvalue weighted by Crippen LogP contribution is -2.09. The summed E-state index contributed by atoms with van der Waals surface area (Å²) in [4.78, 5) is 0. The monoisotopic (exact) mass is 224 g/mol. The fourth-order valence-electron chi connectivity index (χ4n) is 2.44. The van der Waals surface area contributed by atoms with E-state index in [0.29, 0.717) is 18.1 Å². The molecule has 0 amide bonds. The van der Waals surface area contributed by atoms with Gasteiger partial charge in [-0.15, -0.1) is 0 Å². The van der Waals surface area contributed by atoms with E-state index in [2.05, 4.69) is 67.6 Å². The summed E-state index contributed by atoms with van der Waals surface area (Å²) in [7, 11) is 0. The number of hydrogen-bond acceptors (Lipinski definition) is 1. The third-order valence-electron chi connectivity index (χ3n) is 3.40. The van der Waals surface area contributed by atoms with E-state index in [-0.39, 0.29) is 0 Å². The van der Waals surface area contributed by atoms with Gasteiger partial charge in [-0.05, 0) is 18.1 Å². The van der Waals surface area contributed by atoms with Gasteiger partial charge < -0.3 is 4.74 Å².